The molecule has 2 rings (SSSR count). The van der Waals surface area contributed by atoms with E-state index in [1.165, 1.54) is 0 Å². The monoisotopic (exact) mass is 359 g/mol. The SMILES string of the molecule is C=C(NNC(=O)CNC(=O)c1ccc(Cl)cc1)c1ccc(OC)cc1. The molecule has 130 valence electrons. The molecular weight excluding hydrogens is 342 g/mol. The zero-order valence-electron chi connectivity index (χ0n) is 13.6. The van der Waals surface area contributed by atoms with Gasteiger partial charge in [0.05, 0.1) is 19.4 Å². The van der Waals surface area contributed by atoms with Crippen LogP contribution in [0.25, 0.3) is 5.70 Å². The topological polar surface area (TPSA) is 79.5 Å². The van der Waals surface area contributed by atoms with E-state index in [4.69, 9.17) is 16.3 Å². The van der Waals surface area contributed by atoms with E-state index in [0.717, 1.165) is 11.3 Å². The van der Waals surface area contributed by atoms with Gasteiger partial charge in [-0.3, -0.25) is 20.4 Å². The zero-order chi connectivity index (χ0) is 18.2. The van der Waals surface area contributed by atoms with Gasteiger partial charge >= 0.3 is 0 Å². The third-order valence-electron chi connectivity index (χ3n) is 3.31. The number of hydrazine groups is 1. The maximum absolute atomic E-state index is 11.9. The van der Waals surface area contributed by atoms with Crippen LogP contribution in [0.5, 0.6) is 5.75 Å². The molecule has 2 aromatic carbocycles. The first-order valence-electron chi connectivity index (χ1n) is 7.41. The zero-order valence-corrected chi connectivity index (χ0v) is 14.4. The summed E-state index contributed by atoms with van der Waals surface area (Å²) >= 11 is 5.76. The molecule has 0 saturated heterocycles. The van der Waals surface area contributed by atoms with Crippen molar-refractivity contribution in [3.8, 4) is 5.75 Å². The number of methoxy groups -OCH3 is 1. The van der Waals surface area contributed by atoms with Crippen LogP contribution in [0, 0.1) is 0 Å². The quantitative estimate of drug-likeness (QED) is 0.663. The van der Waals surface area contributed by atoms with E-state index in [1.54, 1.807) is 43.5 Å². The molecule has 0 heterocycles. The lowest BCUT2D eigenvalue weighted by atomic mass is 10.2. The van der Waals surface area contributed by atoms with Crippen molar-refractivity contribution >= 4 is 29.1 Å². The molecule has 0 bridgehead atoms. The van der Waals surface area contributed by atoms with Crippen LogP contribution in [0.2, 0.25) is 5.02 Å². The Morgan fingerprint density at radius 3 is 2.20 bits per heavy atom. The summed E-state index contributed by atoms with van der Waals surface area (Å²) in [5.74, 6) is -0.0386. The number of ether oxygens (including phenoxy) is 1. The molecule has 0 aromatic heterocycles. The van der Waals surface area contributed by atoms with Crippen molar-refractivity contribution in [2.24, 2.45) is 0 Å². The van der Waals surface area contributed by atoms with E-state index >= 15 is 0 Å². The smallest absolute Gasteiger partial charge is 0.257 e. The molecule has 0 aliphatic rings. The van der Waals surface area contributed by atoms with Crippen molar-refractivity contribution in [2.75, 3.05) is 13.7 Å². The number of halogens is 1. The minimum absolute atomic E-state index is 0.176. The summed E-state index contributed by atoms with van der Waals surface area (Å²) < 4.78 is 5.08. The largest absolute Gasteiger partial charge is 0.497 e. The van der Waals surface area contributed by atoms with Crippen LogP contribution in [0.1, 0.15) is 15.9 Å². The highest BCUT2D eigenvalue weighted by molar-refractivity contribution is 6.30. The van der Waals surface area contributed by atoms with Gasteiger partial charge in [0, 0.05) is 10.6 Å². The Hall–Kier alpha value is -2.99. The molecule has 0 atom stereocenters. The van der Waals surface area contributed by atoms with Crippen LogP contribution >= 0.6 is 11.6 Å². The molecule has 25 heavy (non-hydrogen) atoms. The molecule has 0 fully saturated rings. The maximum atomic E-state index is 11.9. The Bertz CT molecular complexity index is 758. The lowest BCUT2D eigenvalue weighted by Crippen LogP contribution is -2.42. The van der Waals surface area contributed by atoms with Crippen LogP contribution in [0.3, 0.4) is 0 Å². The van der Waals surface area contributed by atoms with Gasteiger partial charge in [-0.05, 0) is 54.1 Å². The molecule has 0 radical (unpaired) electrons. The van der Waals surface area contributed by atoms with E-state index in [9.17, 15) is 9.59 Å². The number of benzene rings is 2. The van der Waals surface area contributed by atoms with E-state index in [1.807, 2.05) is 12.1 Å². The van der Waals surface area contributed by atoms with Crippen LogP contribution in [0.15, 0.2) is 55.1 Å². The molecule has 0 aliphatic heterocycles. The summed E-state index contributed by atoms with van der Waals surface area (Å²) in [7, 11) is 1.58. The van der Waals surface area contributed by atoms with Gasteiger partial charge in [0.15, 0.2) is 0 Å². The first-order chi connectivity index (χ1) is 12.0. The minimum atomic E-state index is -0.406. The summed E-state index contributed by atoms with van der Waals surface area (Å²) in [6.45, 7) is 3.66. The Balaban J connectivity index is 1.77. The second kappa shape index (κ2) is 8.75. The number of nitrogens with one attached hydrogen (secondary N) is 3. The van der Waals surface area contributed by atoms with Gasteiger partial charge in [0.1, 0.15) is 5.75 Å². The van der Waals surface area contributed by atoms with Gasteiger partial charge in [0.2, 0.25) is 0 Å². The first kappa shape index (κ1) is 18.4. The van der Waals surface area contributed by atoms with Crippen molar-refractivity contribution < 1.29 is 14.3 Å². The number of rotatable bonds is 7. The highest BCUT2D eigenvalue weighted by Crippen LogP contribution is 2.15. The average Bonchev–Trinajstić information content (AvgIpc) is 2.64. The van der Waals surface area contributed by atoms with E-state index in [-0.39, 0.29) is 12.5 Å². The van der Waals surface area contributed by atoms with Gasteiger partial charge in [-0.1, -0.05) is 18.2 Å². The predicted octanol–water partition coefficient (Wildman–Crippen LogP) is 2.37. The van der Waals surface area contributed by atoms with Crippen LogP contribution in [-0.4, -0.2) is 25.5 Å². The standard InChI is InChI=1S/C18H18ClN3O3/c1-12(13-5-9-16(25-2)10-6-13)21-22-17(23)11-20-18(24)14-3-7-15(19)8-4-14/h3-10,21H,1,11H2,2H3,(H,20,24)(H,22,23). The molecule has 6 nitrogen and oxygen atoms in total. The van der Waals surface area contributed by atoms with E-state index in [2.05, 4.69) is 22.7 Å². The second-order valence-corrected chi connectivity index (χ2v) is 5.51. The number of hydrogen-bond donors (Lipinski definition) is 3. The van der Waals surface area contributed by atoms with Gasteiger partial charge in [0.25, 0.3) is 11.8 Å². The lowest BCUT2D eigenvalue weighted by molar-refractivity contribution is -0.120. The molecule has 0 aliphatic carbocycles. The molecule has 0 spiro atoms. The fourth-order valence-corrected chi connectivity index (χ4v) is 2.04. The summed E-state index contributed by atoms with van der Waals surface area (Å²) in [5.41, 5.74) is 6.91. The normalized spacial score (nSPS) is 9.84. The van der Waals surface area contributed by atoms with E-state index in [0.29, 0.717) is 16.3 Å². The van der Waals surface area contributed by atoms with E-state index < -0.39 is 5.91 Å². The number of carbonyl (C=O) groups is 2. The number of carbonyl (C=O) groups excluding carboxylic acids is 2. The Labute approximate surface area is 150 Å². The van der Waals surface area contributed by atoms with Gasteiger partial charge in [-0.15, -0.1) is 0 Å². The Morgan fingerprint density at radius 2 is 1.60 bits per heavy atom. The van der Waals surface area contributed by atoms with Crippen LogP contribution in [0.4, 0.5) is 0 Å². The highest BCUT2D eigenvalue weighted by Gasteiger charge is 2.08. The van der Waals surface area contributed by atoms with Crippen molar-refractivity contribution in [1.29, 1.82) is 0 Å². The number of hydrogen-bond acceptors (Lipinski definition) is 4. The Kier molecular flexibility index (Phi) is 6.42. The predicted molar refractivity (Wildman–Crippen MR) is 97.1 cm³/mol. The average molecular weight is 360 g/mol. The van der Waals surface area contributed by atoms with Crippen molar-refractivity contribution in [1.82, 2.24) is 16.2 Å². The summed E-state index contributed by atoms with van der Waals surface area (Å²) in [6, 6.07) is 13.6. The van der Waals surface area contributed by atoms with Crippen LogP contribution < -0.4 is 20.9 Å². The highest BCUT2D eigenvalue weighted by atomic mass is 35.5. The molecule has 0 unspecified atom stereocenters. The minimum Gasteiger partial charge on any atom is -0.497 e. The third kappa shape index (κ3) is 5.54. The summed E-state index contributed by atoms with van der Waals surface area (Å²) in [5, 5.41) is 3.05. The summed E-state index contributed by atoms with van der Waals surface area (Å²) in [6.07, 6.45) is 0. The molecule has 7 heteroatoms. The van der Waals surface area contributed by atoms with Gasteiger partial charge < -0.3 is 10.1 Å². The molecule has 3 N–H and O–H groups in total. The molecule has 2 aromatic rings. The first-order valence-corrected chi connectivity index (χ1v) is 7.79. The lowest BCUT2D eigenvalue weighted by Gasteiger charge is -2.12. The van der Waals surface area contributed by atoms with Crippen LogP contribution in [-0.2, 0) is 4.79 Å². The Morgan fingerprint density at radius 1 is 1.00 bits per heavy atom. The third-order valence-corrected chi connectivity index (χ3v) is 3.56. The van der Waals surface area contributed by atoms with Gasteiger partial charge in [-0.25, -0.2) is 0 Å². The van der Waals surface area contributed by atoms with Crippen molar-refractivity contribution in [2.45, 2.75) is 0 Å². The second-order valence-electron chi connectivity index (χ2n) is 5.07. The molecule has 0 saturated carbocycles. The molecule has 2 amide bonds. The fourth-order valence-electron chi connectivity index (χ4n) is 1.92. The number of amides is 2. The molecular formula is C18H18ClN3O3. The summed E-state index contributed by atoms with van der Waals surface area (Å²) in [4.78, 5) is 23.7. The maximum Gasteiger partial charge on any atom is 0.257 e. The fraction of sp³-hybridized carbons (Fsp3) is 0.111. The van der Waals surface area contributed by atoms with Crippen molar-refractivity contribution in [3.63, 3.8) is 0 Å². The van der Waals surface area contributed by atoms with Crippen molar-refractivity contribution in [3.05, 3.63) is 71.3 Å². The van der Waals surface area contributed by atoms with Gasteiger partial charge in [-0.2, -0.15) is 0 Å².